The molecule has 3 aliphatic rings. The Morgan fingerprint density at radius 3 is 1.80 bits per heavy atom. The first-order chi connectivity index (χ1) is 32.0. The van der Waals surface area contributed by atoms with Crippen molar-refractivity contribution < 1.29 is 9.47 Å². The lowest BCUT2D eigenvalue weighted by Gasteiger charge is -2.38. The summed E-state index contributed by atoms with van der Waals surface area (Å²) < 4.78 is 15.7. The zero-order valence-electron chi connectivity index (χ0n) is 35.6. The molecule has 65 heavy (non-hydrogen) atoms. The molecule has 306 valence electrons. The van der Waals surface area contributed by atoms with Gasteiger partial charge in [0.1, 0.15) is 5.69 Å². The maximum Gasteiger partial charge on any atom is 0.235 e. The van der Waals surface area contributed by atoms with Gasteiger partial charge in [-0.15, -0.1) is 0 Å². The molecule has 0 bridgehead atoms. The first kappa shape index (κ1) is 36.0. The van der Waals surface area contributed by atoms with Crippen molar-refractivity contribution in [1.29, 1.82) is 0 Å². The molecule has 0 unspecified atom stereocenters. The summed E-state index contributed by atoms with van der Waals surface area (Å²) in [6, 6.07) is 68.6. The number of ether oxygens (including phenoxy) is 2. The average Bonchev–Trinajstić information content (AvgIpc) is 3.79. The van der Waals surface area contributed by atoms with Gasteiger partial charge in [-0.25, -0.2) is 9.97 Å². The van der Waals surface area contributed by atoms with Gasteiger partial charge in [-0.3, -0.25) is 9.47 Å². The normalized spacial score (nSPS) is 13.7. The van der Waals surface area contributed by atoms with Gasteiger partial charge >= 0.3 is 0 Å². The number of hydrogen-bond donors (Lipinski definition) is 0. The number of anilines is 3. The van der Waals surface area contributed by atoms with Gasteiger partial charge in [0.25, 0.3) is 0 Å². The fourth-order valence-corrected chi connectivity index (χ4v) is 10.6. The van der Waals surface area contributed by atoms with E-state index < -0.39 is 0 Å². The van der Waals surface area contributed by atoms with Gasteiger partial charge in [0.2, 0.25) is 5.95 Å². The number of fused-ring (bicyclic) bond motifs is 11. The topological polar surface area (TPSA) is 52.4 Å². The van der Waals surface area contributed by atoms with Crippen LogP contribution >= 0.6 is 0 Å². The molecular weight excluding hydrogens is 797 g/mol. The molecule has 0 amide bonds. The molecule has 0 N–H and O–H groups in total. The molecule has 1 aliphatic carbocycles. The second-order valence-corrected chi connectivity index (χ2v) is 17.8. The monoisotopic (exact) mass is 834 g/mol. The molecule has 6 nitrogen and oxygen atoms in total. The highest BCUT2D eigenvalue weighted by Crippen LogP contribution is 2.60. The predicted octanol–water partition coefficient (Wildman–Crippen LogP) is 15.7. The van der Waals surface area contributed by atoms with Crippen molar-refractivity contribution in [2.45, 2.75) is 19.3 Å². The van der Waals surface area contributed by atoms with Crippen LogP contribution in [0.15, 0.2) is 194 Å². The standard InChI is InChI=1S/C59H38N4O2/c1-59(2)45-18-8-6-16-40(45)42-34-51-44(33-46(42)59)43-30-38(39-31-54-57-55(32-39)65-53-23-13-11-21-50(53)62(57)49-20-10-12-22-52(49)64-54)28-29-48(43)63(51)58-60-47-19-9-7-17-41(47)56(61-58)37-26-24-36(25-27-37)35-14-4-3-5-15-35/h3-34H,1-2H3. The van der Waals surface area contributed by atoms with Crippen LogP contribution in [0.3, 0.4) is 0 Å². The highest BCUT2D eigenvalue weighted by atomic mass is 16.5. The smallest absolute Gasteiger partial charge is 0.235 e. The van der Waals surface area contributed by atoms with Crippen LogP contribution < -0.4 is 14.4 Å². The van der Waals surface area contributed by atoms with E-state index in [1.165, 1.54) is 27.8 Å². The predicted molar refractivity (Wildman–Crippen MR) is 263 cm³/mol. The molecule has 0 radical (unpaired) electrons. The number of rotatable bonds is 4. The molecule has 6 heteroatoms. The Balaban J connectivity index is 0.992. The molecule has 0 spiro atoms. The molecule has 0 fully saturated rings. The summed E-state index contributed by atoms with van der Waals surface area (Å²) in [4.78, 5) is 13.1. The minimum Gasteiger partial charge on any atom is -0.453 e. The van der Waals surface area contributed by atoms with Crippen molar-refractivity contribution in [2.24, 2.45) is 0 Å². The number of hydrogen-bond acceptors (Lipinski definition) is 5. The van der Waals surface area contributed by atoms with Crippen LogP contribution in [0.4, 0.5) is 17.1 Å². The minimum absolute atomic E-state index is 0.182. The van der Waals surface area contributed by atoms with Crippen LogP contribution in [0.2, 0.25) is 0 Å². The van der Waals surface area contributed by atoms with E-state index in [-0.39, 0.29) is 5.41 Å². The van der Waals surface area contributed by atoms with E-state index in [0.717, 1.165) is 101 Å². The summed E-state index contributed by atoms with van der Waals surface area (Å²) in [6.07, 6.45) is 0. The third-order valence-corrected chi connectivity index (χ3v) is 13.8. The first-order valence-corrected chi connectivity index (χ1v) is 22.1. The van der Waals surface area contributed by atoms with E-state index in [9.17, 15) is 0 Å². The Morgan fingerprint density at radius 1 is 0.415 bits per heavy atom. The Labute approximate surface area is 375 Å². The number of aromatic nitrogens is 3. The van der Waals surface area contributed by atoms with Gasteiger partial charge in [-0.2, -0.15) is 0 Å². The van der Waals surface area contributed by atoms with Gasteiger partial charge in [-0.1, -0.05) is 141 Å². The third-order valence-electron chi connectivity index (χ3n) is 13.8. The van der Waals surface area contributed by atoms with Crippen molar-refractivity contribution in [3.8, 4) is 73.6 Å². The fourth-order valence-electron chi connectivity index (χ4n) is 10.6. The van der Waals surface area contributed by atoms with Crippen LogP contribution in [0, 0.1) is 0 Å². The molecule has 2 aromatic heterocycles. The van der Waals surface area contributed by atoms with Gasteiger partial charge in [0, 0.05) is 27.1 Å². The van der Waals surface area contributed by atoms with Gasteiger partial charge in [-0.05, 0) is 111 Å². The van der Waals surface area contributed by atoms with Crippen LogP contribution in [0.1, 0.15) is 25.0 Å². The van der Waals surface area contributed by atoms with Gasteiger partial charge < -0.3 is 9.47 Å². The molecular formula is C59H38N4O2. The van der Waals surface area contributed by atoms with Gasteiger partial charge in [0.15, 0.2) is 23.0 Å². The molecule has 4 heterocycles. The number of nitrogens with zero attached hydrogens (tertiary/aromatic N) is 4. The van der Waals surface area contributed by atoms with Gasteiger partial charge in [0.05, 0.1) is 33.6 Å². The number of benzene rings is 9. The van der Waals surface area contributed by atoms with Crippen molar-refractivity contribution in [1.82, 2.24) is 14.5 Å². The summed E-state index contributed by atoms with van der Waals surface area (Å²) in [6.45, 7) is 4.68. The molecule has 0 saturated heterocycles. The largest absolute Gasteiger partial charge is 0.453 e. The zero-order chi connectivity index (χ0) is 43.0. The summed E-state index contributed by atoms with van der Waals surface area (Å²) in [5.41, 5.74) is 17.1. The maximum atomic E-state index is 6.69. The lowest BCUT2D eigenvalue weighted by Crippen LogP contribution is -2.20. The minimum atomic E-state index is -0.182. The summed E-state index contributed by atoms with van der Waals surface area (Å²) in [7, 11) is 0. The van der Waals surface area contributed by atoms with E-state index >= 15 is 0 Å². The van der Waals surface area contributed by atoms with Crippen LogP contribution in [-0.2, 0) is 5.41 Å². The molecule has 11 aromatic rings. The second kappa shape index (κ2) is 13.3. The Hall–Kier alpha value is -8.48. The van der Waals surface area contributed by atoms with Crippen molar-refractivity contribution >= 4 is 49.8 Å². The Kier molecular flexibility index (Phi) is 7.36. The van der Waals surface area contributed by atoms with Crippen molar-refractivity contribution in [3.63, 3.8) is 0 Å². The van der Waals surface area contributed by atoms with E-state index in [1.807, 2.05) is 36.4 Å². The highest BCUT2D eigenvalue weighted by molar-refractivity contribution is 6.13. The number of para-hydroxylation sites is 5. The molecule has 14 rings (SSSR count). The third kappa shape index (κ3) is 5.22. The lowest BCUT2D eigenvalue weighted by molar-refractivity contribution is 0.446. The zero-order valence-corrected chi connectivity index (χ0v) is 35.6. The highest BCUT2D eigenvalue weighted by Gasteiger charge is 2.37. The Bertz CT molecular complexity index is 3740. The van der Waals surface area contributed by atoms with Crippen LogP contribution in [0.5, 0.6) is 23.0 Å². The SMILES string of the molecule is CC1(C)c2ccccc2-c2cc3c(cc21)c1cc(-c2cc4c5c(c2)Oc2ccccc2N5c2ccccc2O4)ccc1n3-c1nc(-c2ccc(-c3ccccc3)cc2)c2ccccc2n1. The fraction of sp³-hybridized carbons (Fsp3) is 0.0508. The maximum absolute atomic E-state index is 6.69. The molecule has 9 aromatic carbocycles. The van der Waals surface area contributed by atoms with Crippen molar-refractivity contribution in [3.05, 3.63) is 205 Å². The van der Waals surface area contributed by atoms with E-state index in [4.69, 9.17) is 19.4 Å². The van der Waals surface area contributed by atoms with Crippen molar-refractivity contribution in [2.75, 3.05) is 4.90 Å². The molecule has 0 atom stereocenters. The summed E-state index contributed by atoms with van der Waals surface area (Å²) in [5, 5.41) is 3.27. The summed E-state index contributed by atoms with van der Waals surface area (Å²) >= 11 is 0. The first-order valence-electron chi connectivity index (χ1n) is 22.1. The van der Waals surface area contributed by atoms with E-state index in [2.05, 4.69) is 181 Å². The quantitative estimate of drug-likeness (QED) is 0.177. The second-order valence-electron chi connectivity index (χ2n) is 17.8. The molecule has 0 saturated carbocycles. The molecule has 2 aliphatic heterocycles. The van der Waals surface area contributed by atoms with E-state index in [1.54, 1.807) is 0 Å². The Morgan fingerprint density at radius 2 is 1.03 bits per heavy atom. The van der Waals surface area contributed by atoms with E-state index in [0.29, 0.717) is 5.95 Å². The van der Waals surface area contributed by atoms with Crippen LogP contribution in [-0.4, -0.2) is 14.5 Å². The lowest BCUT2D eigenvalue weighted by atomic mass is 9.82. The van der Waals surface area contributed by atoms with Crippen LogP contribution in [0.25, 0.3) is 83.3 Å². The average molecular weight is 835 g/mol. The summed E-state index contributed by atoms with van der Waals surface area (Å²) in [5.74, 6) is 3.73.